The third kappa shape index (κ3) is 2.17. The Hall–Kier alpha value is -1.69. The van der Waals surface area contributed by atoms with Crippen LogP contribution >= 0.6 is 0 Å². The molecule has 0 amide bonds. The Labute approximate surface area is 68.7 Å². The van der Waals surface area contributed by atoms with Gasteiger partial charge in [0.1, 0.15) is 0 Å². The van der Waals surface area contributed by atoms with Crippen LogP contribution in [0.25, 0.3) is 0 Å². The second-order valence-corrected chi connectivity index (χ2v) is 1.99. The van der Waals surface area contributed by atoms with Gasteiger partial charge in [-0.25, -0.2) is 5.84 Å². The van der Waals surface area contributed by atoms with E-state index in [0.29, 0.717) is 5.82 Å². The normalized spacial score (nSPS) is 9.17. The van der Waals surface area contributed by atoms with Crippen molar-refractivity contribution in [1.29, 1.82) is 0 Å². The topological polar surface area (TPSA) is 90.1 Å². The molecule has 0 aliphatic heterocycles. The van der Waals surface area contributed by atoms with Crippen molar-refractivity contribution >= 4 is 11.8 Å². The lowest BCUT2D eigenvalue weighted by Gasteiger charge is -1.99. The van der Waals surface area contributed by atoms with E-state index in [1.165, 1.54) is 13.0 Å². The quantitative estimate of drug-likeness (QED) is 0.357. The van der Waals surface area contributed by atoms with Crippen LogP contribution in [-0.2, 0) is 4.79 Å². The van der Waals surface area contributed by atoms with Gasteiger partial charge in [-0.2, -0.15) is 0 Å². The molecular weight excluding hydrogens is 160 g/mol. The SMILES string of the molecule is CC(=O)Oc1ccc(NN)nn1. The molecular formula is C6H8N4O2. The Morgan fingerprint density at radius 1 is 1.58 bits per heavy atom. The molecule has 6 nitrogen and oxygen atoms in total. The first-order valence-corrected chi connectivity index (χ1v) is 3.21. The summed E-state index contributed by atoms with van der Waals surface area (Å²) in [7, 11) is 0. The molecule has 1 rings (SSSR count). The summed E-state index contributed by atoms with van der Waals surface area (Å²) >= 11 is 0. The van der Waals surface area contributed by atoms with Gasteiger partial charge in [0.2, 0.25) is 5.88 Å². The number of rotatable bonds is 2. The first kappa shape index (κ1) is 8.41. The number of nitrogens with one attached hydrogen (secondary N) is 1. The molecule has 1 heterocycles. The van der Waals surface area contributed by atoms with E-state index in [1.807, 2.05) is 0 Å². The summed E-state index contributed by atoms with van der Waals surface area (Å²) in [6.45, 7) is 1.29. The molecule has 0 saturated carbocycles. The predicted molar refractivity (Wildman–Crippen MR) is 41.2 cm³/mol. The lowest BCUT2D eigenvalue weighted by atomic mass is 10.5. The lowest BCUT2D eigenvalue weighted by Crippen LogP contribution is -2.10. The van der Waals surface area contributed by atoms with Crippen molar-refractivity contribution in [1.82, 2.24) is 10.2 Å². The minimum atomic E-state index is -0.433. The molecule has 0 saturated heterocycles. The molecule has 6 heteroatoms. The number of hydrogen-bond acceptors (Lipinski definition) is 6. The predicted octanol–water partition coefficient (Wildman–Crippen LogP) is -0.313. The molecule has 0 aliphatic rings. The Bertz CT molecular complexity index is 271. The van der Waals surface area contributed by atoms with Crippen LogP contribution in [0, 0.1) is 0 Å². The minimum absolute atomic E-state index is 0.154. The zero-order chi connectivity index (χ0) is 8.97. The summed E-state index contributed by atoms with van der Waals surface area (Å²) < 4.78 is 4.63. The number of carbonyl (C=O) groups excluding carboxylic acids is 1. The monoisotopic (exact) mass is 168 g/mol. The van der Waals surface area contributed by atoms with Crippen LogP contribution in [0.15, 0.2) is 12.1 Å². The Morgan fingerprint density at radius 3 is 2.75 bits per heavy atom. The highest BCUT2D eigenvalue weighted by atomic mass is 16.5. The van der Waals surface area contributed by atoms with Gasteiger partial charge in [0, 0.05) is 13.0 Å². The van der Waals surface area contributed by atoms with Crippen molar-refractivity contribution in [2.24, 2.45) is 5.84 Å². The molecule has 0 fully saturated rings. The van der Waals surface area contributed by atoms with Gasteiger partial charge in [0.15, 0.2) is 5.82 Å². The lowest BCUT2D eigenvalue weighted by molar-refractivity contribution is -0.132. The average molecular weight is 168 g/mol. The standard InChI is InChI=1S/C6H8N4O2/c1-4(11)12-6-3-2-5(8-7)9-10-6/h2-3H,7H2,1H3,(H,8,9). The number of ether oxygens (including phenoxy) is 1. The number of anilines is 1. The number of hydrazine groups is 1. The zero-order valence-corrected chi connectivity index (χ0v) is 6.44. The molecule has 12 heavy (non-hydrogen) atoms. The second-order valence-electron chi connectivity index (χ2n) is 1.99. The number of nitrogens with zero attached hydrogens (tertiary/aromatic N) is 2. The number of nitrogen functional groups attached to an aromatic ring is 1. The van der Waals surface area contributed by atoms with Crippen molar-refractivity contribution in [2.45, 2.75) is 6.92 Å². The number of hydrogen-bond donors (Lipinski definition) is 2. The van der Waals surface area contributed by atoms with Crippen LogP contribution in [0.4, 0.5) is 5.82 Å². The van der Waals surface area contributed by atoms with Crippen molar-refractivity contribution in [3.8, 4) is 5.88 Å². The summed E-state index contributed by atoms with van der Waals surface area (Å²) in [6, 6.07) is 3.04. The summed E-state index contributed by atoms with van der Waals surface area (Å²) in [4.78, 5) is 10.4. The van der Waals surface area contributed by atoms with Gasteiger partial charge in [-0.15, -0.1) is 10.2 Å². The number of nitrogens with two attached hydrogens (primary N) is 1. The largest absolute Gasteiger partial charge is 0.406 e. The molecule has 0 bridgehead atoms. The van der Waals surface area contributed by atoms with E-state index in [2.05, 4.69) is 20.4 Å². The fourth-order valence-corrected chi connectivity index (χ4v) is 0.599. The van der Waals surface area contributed by atoms with Crippen LogP contribution in [0.5, 0.6) is 5.88 Å². The molecule has 0 atom stereocenters. The van der Waals surface area contributed by atoms with E-state index < -0.39 is 5.97 Å². The van der Waals surface area contributed by atoms with E-state index in [9.17, 15) is 4.79 Å². The fourth-order valence-electron chi connectivity index (χ4n) is 0.599. The average Bonchev–Trinajstić information content (AvgIpc) is 2.05. The maximum atomic E-state index is 10.4. The molecule has 0 unspecified atom stereocenters. The van der Waals surface area contributed by atoms with E-state index in [1.54, 1.807) is 6.07 Å². The van der Waals surface area contributed by atoms with Gasteiger partial charge in [-0.05, 0) is 6.07 Å². The van der Waals surface area contributed by atoms with Gasteiger partial charge >= 0.3 is 5.97 Å². The van der Waals surface area contributed by atoms with Crippen LogP contribution in [0.3, 0.4) is 0 Å². The maximum Gasteiger partial charge on any atom is 0.309 e. The van der Waals surface area contributed by atoms with Gasteiger partial charge in [-0.1, -0.05) is 0 Å². The smallest absolute Gasteiger partial charge is 0.309 e. The minimum Gasteiger partial charge on any atom is -0.406 e. The third-order valence-electron chi connectivity index (χ3n) is 1.04. The van der Waals surface area contributed by atoms with Gasteiger partial charge in [0.25, 0.3) is 0 Å². The number of esters is 1. The third-order valence-corrected chi connectivity index (χ3v) is 1.04. The first-order chi connectivity index (χ1) is 5.72. The number of aromatic nitrogens is 2. The van der Waals surface area contributed by atoms with E-state index in [0.717, 1.165) is 0 Å². The Morgan fingerprint density at radius 2 is 2.33 bits per heavy atom. The van der Waals surface area contributed by atoms with Crippen LogP contribution in [-0.4, -0.2) is 16.2 Å². The Balaban J connectivity index is 2.71. The van der Waals surface area contributed by atoms with Gasteiger partial charge in [0.05, 0.1) is 0 Å². The van der Waals surface area contributed by atoms with E-state index >= 15 is 0 Å². The second kappa shape index (κ2) is 3.63. The van der Waals surface area contributed by atoms with Crippen molar-refractivity contribution in [3.05, 3.63) is 12.1 Å². The van der Waals surface area contributed by atoms with Crippen molar-refractivity contribution < 1.29 is 9.53 Å². The molecule has 0 aliphatic carbocycles. The molecule has 3 N–H and O–H groups in total. The molecule has 0 aromatic carbocycles. The maximum absolute atomic E-state index is 10.4. The van der Waals surface area contributed by atoms with Crippen LogP contribution in [0.2, 0.25) is 0 Å². The molecule has 0 radical (unpaired) electrons. The molecule has 1 aromatic rings. The highest BCUT2D eigenvalue weighted by Crippen LogP contribution is 2.06. The van der Waals surface area contributed by atoms with Gasteiger partial charge in [-0.3, -0.25) is 4.79 Å². The highest BCUT2D eigenvalue weighted by molar-refractivity contribution is 5.68. The Kier molecular flexibility index (Phi) is 2.54. The van der Waals surface area contributed by atoms with Gasteiger partial charge < -0.3 is 10.2 Å². The highest BCUT2D eigenvalue weighted by Gasteiger charge is 1.99. The fraction of sp³-hybridized carbons (Fsp3) is 0.167. The molecule has 64 valence electrons. The summed E-state index contributed by atoms with van der Waals surface area (Å²) in [5.74, 6) is 5.17. The summed E-state index contributed by atoms with van der Waals surface area (Å²) in [5, 5.41) is 7.14. The van der Waals surface area contributed by atoms with Crippen molar-refractivity contribution in [3.63, 3.8) is 0 Å². The van der Waals surface area contributed by atoms with E-state index in [4.69, 9.17) is 5.84 Å². The zero-order valence-electron chi connectivity index (χ0n) is 6.44. The van der Waals surface area contributed by atoms with Crippen molar-refractivity contribution in [2.75, 3.05) is 5.43 Å². The van der Waals surface area contributed by atoms with Crippen LogP contribution < -0.4 is 16.0 Å². The molecule has 0 spiro atoms. The summed E-state index contributed by atoms with van der Waals surface area (Å²) in [5.41, 5.74) is 2.29. The molecule has 1 aromatic heterocycles. The number of carbonyl (C=O) groups is 1. The van der Waals surface area contributed by atoms with E-state index in [-0.39, 0.29) is 5.88 Å². The van der Waals surface area contributed by atoms with Crippen LogP contribution in [0.1, 0.15) is 6.92 Å². The summed E-state index contributed by atoms with van der Waals surface area (Å²) in [6.07, 6.45) is 0. The first-order valence-electron chi connectivity index (χ1n) is 3.21.